The first-order chi connectivity index (χ1) is 9.25. The monoisotopic (exact) mass is 303 g/mol. The minimum Gasteiger partial charge on any atom is -0.339 e. The Morgan fingerprint density at radius 2 is 1.90 bits per heavy atom. The molecule has 0 saturated carbocycles. The maximum Gasteiger partial charge on any atom is 0.226 e. The number of hydrogen-bond donors (Lipinski definition) is 1. The van der Waals surface area contributed by atoms with Crippen molar-refractivity contribution in [3.05, 3.63) is 11.7 Å². The molecule has 7 heteroatoms. The Labute approximate surface area is 121 Å². The molecule has 1 heterocycles. The lowest BCUT2D eigenvalue weighted by Crippen LogP contribution is -2.15. The number of aryl methyl sites for hydroxylation is 1. The highest BCUT2D eigenvalue weighted by Gasteiger charge is 2.23. The van der Waals surface area contributed by atoms with Gasteiger partial charge in [-0.25, -0.2) is 8.42 Å². The summed E-state index contributed by atoms with van der Waals surface area (Å²) in [6, 6.07) is 0. The third kappa shape index (κ3) is 4.86. The van der Waals surface area contributed by atoms with Crippen molar-refractivity contribution < 1.29 is 12.9 Å². The van der Waals surface area contributed by atoms with E-state index in [0.29, 0.717) is 30.7 Å². The van der Waals surface area contributed by atoms with E-state index in [1.807, 2.05) is 0 Å². The molecule has 0 aliphatic heterocycles. The molecule has 116 valence electrons. The predicted molar refractivity (Wildman–Crippen MR) is 77.9 cm³/mol. The van der Waals surface area contributed by atoms with Gasteiger partial charge in [0.1, 0.15) is 5.25 Å². The van der Waals surface area contributed by atoms with Crippen LogP contribution in [0.5, 0.6) is 0 Å². The second-order valence-electron chi connectivity index (χ2n) is 5.64. The first-order valence-corrected chi connectivity index (χ1v) is 8.92. The van der Waals surface area contributed by atoms with Crippen molar-refractivity contribution >= 4 is 9.84 Å². The predicted octanol–water partition coefficient (Wildman–Crippen LogP) is 1.73. The molecule has 20 heavy (non-hydrogen) atoms. The number of rotatable bonds is 8. The summed E-state index contributed by atoms with van der Waals surface area (Å²) in [6.45, 7) is 6.58. The van der Waals surface area contributed by atoms with Crippen molar-refractivity contribution in [1.82, 2.24) is 10.1 Å². The van der Waals surface area contributed by atoms with E-state index in [0.717, 1.165) is 12.8 Å². The van der Waals surface area contributed by atoms with E-state index in [9.17, 15) is 8.42 Å². The maximum atomic E-state index is 11.4. The van der Waals surface area contributed by atoms with Crippen LogP contribution in [-0.2, 0) is 16.3 Å². The van der Waals surface area contributed by atoms with Crippen LogP contribution >= 0.6 is 0 Å². The topological polar surface area (TPSA) is 99.1 Å². The molecule has 1 rings (SSSR count). The summed E-state index contributed by atoms with van der Waals surface area (Å²) >= 11 is 0. The van der Waals surface area contributed by atoms with Crippen molar-refractivity contribution in [2.75, 3.05) is 12.8 Å². The van der Waals surface area contributed by atoms with Gasteiger partial charge in [0.05, 0.1) is 0 Å². The minimum absolute atomic E-state index is 0.238. The van der Waals surface area contributed by atoms with E-state index in [1.165, 1.54) is 6.26 Å². The van der Waals surface area contributed by atoms with E-state index in [4.69, 9.17) is 10.3 Å². The summed E-state index contributed by atoms with van der Waals surface area (Å²) in [5.74, 6) is 1.80. The zero-order valence-electron chi connectivity index (χ0n) is 12.7. The molecule has 6 nitrogen and oxygen atoms in total. The van der Waals surface area contributed by atoms with Crippen molar-refractivity contribution in [2.24, 2.45) is 17.6 Å². The number of aromatic nitrogens is 2. The molecule has 0 radical (unpaired) electrons. The SMILES string of the molecule is CC(C)C(CCN)CCc1nc(C(C)S(C)(=O)=O)no1. The van der Waals surface area contributed by atoms with Crippen LogP contribution in [0.25, 0.3) is 0 Å². The van der Waals surface area contributed by atoms with Crippen LogP contribution in [0.2, 0.25) is 0 Å². The molecule has 0 spiro atoms. The van der Waals surface area contributed by atoms with Crippen molar-refractivity contribution in [3.63, 3.8) is 0 Å². The standard InChI is InChI=1S/C13H25N3O3S/c1-9(2)11(7-8-14)5-6-12-15-13(16-19-12)10(3)20(4,17)18/h9-11H,5-8,14H2,1-4H3. The third-order valence-corrected chi connectivity index (χ3v) is 5.19. The maximum absolute atomic E-state index is 11.4. The average molecular weight is 303 g/mol. The molecule has 0 amide bonds. The second kappa shape index (κ2) is 7.17. The lowest BCUT2D eigenvalue weighted by Gasteiger charge is -2.18. The molecular weight excluding hydrogens is 278 g/mol. The molecule has 0 aliphatic carbocycles. The summed E-state index contributed by atoms with van der Waals surface area (Å²) in [4.78, 5) is 4.18. The highest BCUT2D eigenvalue weighted by atomic mass is 32.2. The van der Waals surface area contributed by atoms with Gasteiger partial charge in [-0.05, 0) is 38.1 Å². The van der Waals surface area contributed by atoms with Crippen LogP contribution in [0.4, 0.5) is 0 Å². The molecule has 0 saturated heterocycles. The third-order valence-electron chi connectivity index (χ3n) is 3.70. The van der Waals surface area contributed by atoms with Gasteiger partial charge in [-0.1, -0.05) is 19.0 Å². The molecule has 0 fully saturated rings. The lowest BCUT2D eigenvalue weighted by atomic mass is 9.88. The Hall–Kier alpha value is -0.950. The van der Waals surface area contributed by atoms with Gasteiger partial charge in [-0.2, -0.15) is 4.98 Å². The molecule has 0 aliphatic rings. The van der Waals surface area contributed by atoms with Gasteiger partial charge >= 0.3 is 0 Å². The van der Waals surface area contributed by atoms with E-state index in [-0.39, 0.29) is 5.82 Å². The molecule has 1 aromatic rings. The summed E-state index contributed by atoms with van der Waals surface area (Å²) in [5, 5.41) is 3.03. The largest absolute Gasteiger partial charge is 0.339 e. The zero-order valence-corrected chi connectivity index (χ0v) is 13.5. The van der Waals surface area contributed by atoms with Crippen molar-refractivity contribution in [3.8, 4) is 0 Å². The van der Waals surface area contributed by atoms with Crippen LogP contribution in [0.1, 0.15) is 50.6 Å². The second-order valence-corrected chi connectivity index (χ2v) is 8.00. The normalized spacial score (nSPS) is 15.5. The van der Waals surface area contributed by atoms with Gasteiger partial charge in [0.2, 0.25) is 5.89 Å². The van der Waals surface area contributed by atoms with Gasteiger partial charge in [0.15, 0.2) is 15.7 Å². The summed E-state index contributed by atoms with van der Waals surface area (Å²) in [5.41, 5.74) is 5.61. The zero-order chi connectivity index (χ0) is 15.3. The molecule has 2 atom stereocenters. The quantitative estimate of drug-likeness (QED) is 0.785. The van der Waals surface area contributed by atoms with Crippen LogP contribution < -0.4 is 5.73 Å². The average Bonchev–Trinajstić information content (AvgIpc) is 2.80. The molecular formula is C13H25N3O3S. The summed E-state index contributed by atoms with van der Waals surface area (Å²) < 4.78 is 28.0. The van der Waals surface area contributed by atoms with Crippen molar-refractivity contribution in [1.29, 1.82) is 0 Å². The first-order valence-electron chi connectivity index (χ1n) is 6.97. The van der Waals surface area contributed by atoms with Crippen LogP contribution in [0.15, 0.2) is 4.52 Å². The van der Waals surface area contributed by atoms with E-state index < -0.39 is 15.1 Å². The Kier molecular flexibility index (Phi) is 6.13. The molecule has 1 aromatic heterocycles. The van der Waals surface area contributed by atoms with Gasteiger partial charge in [-0.3, -0.25) is 0 Å². The fraction of sp³-hybridized carbons (Fsp3) is 0.846. The molecule has 2 N–H and O–H groups in total. The van der Waals surface area contributed by atoms with Gasteiger partial charge in [-0.15, -0.1) is 0 Å². The van der Waals surface area contributed by atoms with E-state index in [1.54, 1.807) is 6.92 Å². The number of nitrogens with zero attached hydrogens (tertiary/aromatic N) is 2. The Balaban J connectivity index is 2.65. The molecule has 0 bridgehead atoms. The lowest BCUT2D eigenvalue weighted by molar-refractivity contribution is 0.312. The first kappa shape index (κ1) is 17.1. The Morgan fingerprint density at radius 3 is 2.40 bits per heavy atom. The highest BCUT2D eigenvalue weighted by Crippen LogP contribution is 2.22. The Morgan fingerprint density at radius 1 is 1.25 bits per heavy atom. The number of sulfone groups is 1. The van der Waals surface area contributed by atoms with E-state index in [2.05, 4.69) is 24.0 Å². The van der Waals surface area contributed by atoms with Gasteiger partial charge < -0.3 is 10.3 Å². The van der Waals surface area contributed by atoms with E-state index >= 15 is 0 Å². The van der Waals surface area contributed by atoms with Crippen LogP contribution in [0.3, 0.4) is 0 Å². The smallest absolute Gasteiger partial charge is 0.226 e. The number of nitrogens with two attached hydrogens (primary N) is 1. The highest BCUT2D eigenvalue weighted by molar-refractivity contribution is 7.90. The molecule has 2 unspecified atom stereocenters. The fourth-order valence-corrected chi connectivity index (χ4v) is 2.54. The minimum atomic E-state index is -3.20. The summed E-state index contributed by atoms with van der Waals surface area (Å²) in [7, 11) is -3.20. The fourth-order valence-electron chi connectivity index (χ4n) is 2.06. The van der Waals surface area contributed by atoms with Crippen molar-refractivity contribution in [2.45, 2.75) is 45.3 Å². The van der Waals surface area contributed by atoms with Gasteiger partial charge in [0.25, 0.3) is 0 Å². The van der Waals surface area contributed by atoms with Crippen LogP contribution in [0, 0.1) is 11.8 Å². The molecule has 0 aromatic carbocycles. The summed E-state index contributed by atoms with van der Waals surface area (Å²) in [6.07, 6.45) is 3.72. The Bertz CT molecular complexity index is 511. The van der Waals surface area contributed by atoms with Crippen LogP contribution in [-0.4, -0.2) is 31.4 Å². The number of hydrogen-bond acceptors (Lipinski definition) is 6. The van der Waals surface area contributed by atoms with Gasteiger partial charge in [0, 0.05) is 12.7 Å².